The second kappa shape index (κ2) is 6.72. The Morgan fingerprint density at radius 3 is 2.70 bits per heavy atom. The second-order valence-corrected chi connectivity index (χ2v) is 5.32. The third-order valence-electron chi connectivity index (χ3n) is 2.71. The van der Waals surface area contributed by atoms with Gasteiger partial charge in [0.2, 0.25) is 0 Å². The first kappa shape index (κ1) is 14.8. The van der Waals surface area contributed by atoms with E-state index in [0.717, 1.165) is 10.0 Å². The van der Waals surface area contributed by atoms with Gasteiger partial charge < -0.3 is 4.74 Å². The molecule has 0 heterocycles. The molecule has 2 aromatic carbocycles. The number of nitro groups is 1. The van der Waals surface area contributed by atoms with Gasteiger partial charge in [-0.1, -0.05) is 45.7 Å². The van der Waals surface area contributed by atoms with E-state index in [1.54, 1.807) is 6.07 Å². The van der Waals surface area contributed by atoms with Crippen LogP contribution in [0.25, 0.3) is 0 Å². The zero-order valence-electron chi connectivity index (χ0n) is 10.4. The van der Waals surface area contributed by atoms with Crippen molar-refractivity contribution in [2.45, 2.75) is 6.42 Å². The first-order valence-corrected chi connectivity index (χ1v) is 7.05. The summed E-state index contributed by atoms with van der Waals surface area (Å²) in [5.41, 5.74) is 0.973. The van der Waals surface area contributed by atoms with E-state index in [0.29, 0.717) is 18.8 Å². The average molecular weight is 357 g/mol. The molecule has 0 radical (unpaired) electrons. The van der Waals surface area contributed by atoms with Crippen molar-refractivity contribution >= 4 is 33.2 Å². The summed E-state index contributed by atoms with van der Waals surface area (Å²) < 4.78 is 6.55. The second-order valence-electron chi connectivity index (χ2n) is 4.06. The van der Waals surface area contributed by atoms with Crippen molar-refractivity contribution in [2.24, 2.45) is 0 Å². The van der Waals surface area contributed by atoms with Crippen LogP contribution in [-0.4, -0.2) is 11.5 Å². The Bertz CT molecular complexity index is 634. The van der Waals surface area contributed by atoms with Gasteiger partial charge in [0.15, 0.2) is 0 Å². The average Bonchev–Trinajstić information content (AvgIpc) is 2.42. The van der Waals surface area contributed by atoms with Crippen LogP contribution in [0.3, 0.4) is 0 Å². The molecule has 0 N–H and O–H groups in total. The summed E-state index contributed by atoms with van der Waals surface area (Å²) in [6.45, 7) is 0.432. The maximum Gasteiger partial charge on any atom is 0.291 e. The van der Waals surface area contributed by atoms with Crippen molar-refractivity contribution in [1.82, 2.24) is 0 Å². The molecule has 0 atom stereocenters. The summed E-state index contributed by atoms with van der Waals surface area (Å²) in [4.78, 5) is 10.2. The van der Waals surface area contributed by atoms with Gasteiger partial charge in [-0.2, -0.15) is 0 Å². The molecule has 0 spiro atoms. The number of hydrogen-bond acceptors (Lipinski definition) is 3. The minimum atomic E-state index is -0.525. The molecule has 0 aliphatic rings. The lowest BCUT2D eigenvalue weighted by Gasteiger charge is -2.07. The van der Waals surface area contributed by atoms with Gasteiger partial charge in [0.1, 0.15) is 10.8 Å². The molecule has 2 rings (SSSR count). The van der Waals surface area contributed by atoms with E-state index in [2.05, 4.69) is 15.9 Å². The van der Waals surface area contributed by atoms with Gasteiger partial charge in [-0.15, -0.1) is 0 Å². The fraction of sp³-hybridized carbons (Fsp3) is 0.143. The smallest absolute Gasteiger partial charge is 0.291 e. The molecule has 0 saturated heterocycles. The van der Waals surface area contributed by atoms with Crippen LogP contribution in [0.1, 0.15) is 5.56 Å². The van der Waals surface area contributed by atoms with Crippen molar-refractivity contribution in [1.29, 1.82) is 0 Å². The van der Waals surface area contributed by atoms with E-state index in [4.69, 9.17) is 16.3 Å². The predicted molar refractivity (Wildman–Crippen MR) is 81.4 cm³/mol. The maximum absolute atomic E-state index is 10.8. The molecule has 2 aromatic rings. The van der Waals surface area contributed by atoms with E-state index in [9.17, 15) is 10.1 Å². The standard InChI is InChI=1S/C14H11BrClNO3/c15-12-4-2-1-3-10(12)7-8-20-11-5-6-13(16)14(9-11)17(18)19/h1-6,9H,7-8H2. The van der Waals surface area contributed by atoms with Crippen LogP contribution >= 0.6 is 27.5 Å². The molecule has 0 aliphatic heterocycles. The number of halogens is 2. The van der Waals surface area contributed by atoms with Crippen molar-refractivity contribution in [3.63, 3.8) is 0 Å². The lowest BCUT2D eigenvalue weighted by molar-refractivity contribution is -0.384. The number of nitrogens with zero attached hydrogens (tertiary/aromatic N) is 1. The van der Waals surface area contributed by atoms with Crippen LogP contribution < -0.4 is 4.74 Å². The Labute approximate surface area is 129 Å². The fourth-order valence-corrected chi connectivity index (χ4v) is 2.37. The highest BCUT2D eigenvalue weighted by molar-refractivity contribution is 9.10. The number of ether oxygens (including phenoxy) is 1. The summed E-state index contributed by atoms with van der Waals surface area (Å²) >= 11 is 9.20. The predicted octanol–water partition coefficient (Wildman–Crippen LogP) is 4.63. The van der Waals surface area contributed by atoms with Gasteiger partial charge in [0, 0.05) is 10.9 Å². The van der Waals surface area contributed by atoms with E-state index < -0.39 is 4.92 Å². The van der Waals surface area contributed by atoms with Crippen molar-refractivity contribution in [2.75, 3.05) is 6.61 Å². The number of rotatable bonds is 5. The lowest BCUT2D eigenvalue weighted by atomic mass is 10.2. The Morgan fingerprint density at radius 1 is 1.25 bits per heavy atom. The number of nitro benzene ring substituents is 1. The highest BCUT2D eigenvalue weighted by atomic mass is 79.9. The number of benzene rings is 2. The van der Waals surface area contributed by atoms with E-state index >= 15 is 0 Å². The largest absolute Gasteiger partial charge is 0.493 e. The van der Waals surface area contributed by atoms with Gasteiger partial charge in [0.25, 0.3) is 5.69 Å². The van der Waals surface area contributed by atoms with Gasteiger partial charge >= 0.3 is 0 Å². The molecule has 4 nitrogen and oxygen atoms in total. The summed E-state index contributed by atoms with van der Waals surface area (Å²) in [6, 6.07) is 12.3. The molecule has 104 valence electrons. The van der Waals surface area contributed by atoms with E-state index in [-0.39, 0.29) is 10.7 Å². The lowest BCUT2D eigenvalue weighted by Crippen LogP contribution is -2.02. The van der Waals surface area contributed by atoms with Crippen LogP contribution in [0.15, 0.2) is 46.9 Å². The molecule has 0 bridgehead atoms. The van der Waals surface area contributed by atoms with Crippen LogP contribution in [0.2, 0.25) is 5.02 Å². The van der Waals surface area contributed by atoms with E-state index in [1.165, 1.54) is 12.1 Å². The van der Waals surface area contributed by atoms with Gasteiger partial charge in [-0.25, -0.2) is 0 Å². The van der Waals surface area contributed by atoms with Crippen LogP contribution in [0, 0.1) is 10.1 Å². The SMILES string of the molecule is O=[N+]([O-])c1cc(OCCc2ccccc2Br)ccc1Cl. The third kappa shape index (κ3) is 3.71. The Hall–Kier alpha value is -1.59. The van der Waals surface area contributed by atoms with Gasteiger partial charge in [-0.3, -0.25) is 10.1 Å². The van der Waals surface area contributed by atoms with Gasteiger partial charge in [-0.05, 0) is 23.8 Å². The third-order valence-corrected chi connectivity index (χ3v) is 3.81. The zero-order valence-corrected chi connectivity index (χ0v) is 12.7. The van der Waals surface area contributed by atoms with Crippen LogP contribution in [0.4, 0.5) is 5.69 Å². The summed E-state index contributed by atoms with van der Waals surface area (Å²) in [5.74, 6) is 0.438. The Balaban J connectivity index is 2.00. The summed E-state index contributed by atoms with van der Waals surface area (Å²) in [5, 5.41) is 10.9. The van der Waals surface area contributed by atoms with Crippen molar-refractivity contribution in [3.8, 4) is 5.75 Å². The molecule has 0 unspecified atom stereocenters. The van der Waals surface area contributed by atoms with Gasteiger partial charge in [0.05, 0.1) is 17.6 Å². The Morgan fingerprint density at radius 2 is 2.00 bits per heavy atom. The van der Waals surface area contributed by atoms with Crippen molar-refractivity contribution < 1.29 is 9.66 Å². The molecule has 20 heavy (non-hydrogen) atoms. The molecule has 0 fully saturated rings. The number of hydrogen-bond donors (Lipinski definition) is 0. The molecular weight excluding hydrogens is 346 g/mol. The normalized spacial score (nSPS) is 10.3. The molecule has 0 saturated carbocycles. The minimum absolute atomic E-state index is 0.105. The molecular formula is C14H11BrClNO3. The topological polar surface area (TPSA) is 52.4 Å². The highest BCUT2D eigenvalue weighted by Gasteiger charge is 2.13. The van der Waals surface area contributed by atoms with Crippen LogP contribution in [0.5, 0.6) is 5.75 Å². The molecule has 0 aromatic heterocycles. The first-order chi connectivity index (χ1) is 9.58. The first-order valence-electron chi connectivity index (χ1n) is 5.88. The molecule has 0 aliphatic carbocycles. The fourth-order valence-electron chi connectivity index (χ4n) is 1.70. The Kier molecular flexibility index (Phi) is 4.98. The minimum Gasteiger partial charge on any atom is -0.493 e. The molecule has 6 heteroatoms. The monoisotopic (exact) mass is 355 g/mol. The highest BCUT2D eigenvalue weighted by Crippen LogP contribution is 2.28. The van der Waals surface area contributed by atoms with Crippen molar-refractivity contribution in [3.05, 3.63) is 67.6 Å². The maximum atomic E-state index is 10.8. The molecule has 0 amide bonds. The summed E-state index contributed by atoms with van der Waals surface area (Å²) in [6.07, 6.45) is 0.706. The van der Waals surface area contributed by atoms with Crippen LogP contribution in [-0.2, 0) is 6.42 Å². The quantitative estimate of drug-likeness (QED) is 0.579. The van der Waals surface area contributed by atoms with E-state index in [1.807, 2.05) is 24.3 Å². The zero-order chi connectivity index (χ0) is 14.5. The summed E-state index contributed by atoms with van der Waals surface area (Å²) in [7, 11) is 0.